The molecule has 1 unspecified atom stereocenters. The average Bonchev–Trinajstić information content (AvgIpc) is 2.97. The summed E-state index contributed by atoms with van der Waals surface area (Å²) in [6.07, 6.45) is 2.89. The number of nitrogens with zero attached hydrogens (tertiary/aromatic N) is 1. The van der Waals surface area contributed by atoms with E-state index in [2.05, 4.69) is 22.7 Å². The van der Waals surface area contributed by atoms with Gasteiger partial charge in [-0.25, -0.2) is 0 Å². The highest BCUT2D eigenvalue weighted by Crippen LogP contribution is 2.31. The van der Waals surface area contributed by atoms with Crippen molar-refractivity contribution in [2.45, 2.75) is 46.6 Å². The molecule has 0 saturated carbocycles. The second-order valence-corrected chi connectivity index (χ2v) is 5.44. The van der Waals surface area contributed by atoms with E-state index >= 15 is 0 Å². The summed E-state index contributed by atoms with van der Waals surface area (Å²) in [5.41, 5.74) is 1.62. The highest BCUT2D eigenvalue weighted by Gasteiger charge is 2.40. The molecule has 0 radical (unpaired) electrons. The molecule has 1 atom stereocenters. The van der Waals surface area contributed by atoms with Gasteiger partial charge in [-0.2, -0.15) is 0 Å². The predicted octanol–water partition coefficient (Wildman–Crippen LogP) is 1.69. The molecule has 1 aromatic heterocycles. The summed E-state index contributed by atoms with van der Waals surface area (Å²) in [6, 6.07) is 0. The van der Waals surface area contributed by atoms with E-state index in [0.717, 1.165) is 49.4 Å². The van der Waals surface area contributed by atoms with Crippen molar-refractivity contribution in [3.63, 3.8) is 0 Å². The Kier molecular flexibility index (Phi) is 4.24. The van der Waals surface area contributed by atoms with Crippen molar-refractivity contribution in [3.05, 3.63) is 17.0 Å². The Hall–Kier alpha value is -1.36. The van der Waals surface area contributed by atoms with Gasteiger partial charge in [0.2, 0.25) is 5.91 Å². The number of nitrogens with one attached hydrogen (secondary N) is 2. The number of hydrogen-bond acceptors (Lipinski definition) is 4. The van der Waals surface area contributed by atoms with E-state index in [4.69, 9.17) is 4.52 Å². The van der Waals surface area contributed by atoms with Crippen LogP contribution in [0.3, 0.4) is 0 Å². The maximum atomic E-state index is 12.5. The van der Waals surface area contributed by atoms with Gasteiger partial charge in [-0.15, -0.1) is 0 Å². The van der Waals surface area contributed by atoms with Gasteiger partial charge < -0.3 is 15.2 Å². The third-order valence-corrected chi connectivity index (χ3v) is 4.06. The molecule has 0 aliphatic carbocycles. The molecule has 0 aromatic carbocycles. The summed E-state index contributed by atoms with van der Waals surface area (Å²) >= 11 is 0. The molecule has 5 heteroatoms. The van der Waals surface area contributed by atoms with Crippen molar-refractivity contribution >= 4 is 5.91 Å². The molecule has 2 heterocycles. The van der Waals surface area contributed by atoms with Crippen molar-refractivity contribution in [1.29, 1.82) is 0 Å². The van der Waals surface area contributed by atoms with Gasteiger partial charge in [0.15, 0.2) is 0 Å². The van der Waals surface area contributed by atoms with Crippen LogP contribution in [-0.2, 0) is 11.3 Å². The number of rotatable bonds is 5. The van der Waals surface area contributed by atoms with Crippen molar-refractivity contribution in [1.82, 2.24) is 15.8 Å². The summed E-state index contributed by atoms with van der Waals surface area (Å²) in [5.74, 6) is 0.936. The predicted molar refractivity (Wildman–Crippen MR) is 72.7 cm³/mol. The fourth-order valence-corrected chi connectivity index (χ4v) is 2.85. The maximum absolute atomic E-state index is 12.5. The SMILES string of the molecule is CCCC1(C(=O)NCc2c(C)noc2C)CCNC1. The van der Waals surface area contributed by atoms with Crippen LogP contribution in [0, 0.1) is 19.3 Å². The van der Waals surface area contributed by atoms with Crippen LogP contribution < -0.4 is 10.6 Å². The largest absolute Gasteiger partial charge is 0.361 e. The zero-order valence-corrected chi connectivity index (χ0v) is 12.0. The molecule has 1 saturated heterocycles. The van der Waals surface area contributed by atoms with E-state index in [-0.39, 0.29) is 11.3 Å². The summed E-state index contributed by atoms with van der Waals surface area (Å²) in [7, 11) is 0. The number of carbonyl (C=O) groups is 1. The Morgan fingerprint density at radius 1 is 1.53 bits per heavy atom. The van der Waals surface area contributed by atoms with Crippen LogP contribution in [0.15, 0.2) is 4.52 Å². The first-order valence-corrected chi connectivity index (χ1v) is 7.00. The van der Waals surface area contributed by atoms with Gasteiger partial charge in [0.05, 0.1) is 11.1 Å². The Morgan fingerprint density at radius 3 is 2.84 bits per heavy atom. The van der Waals surface area contributed by atoms with Crippen LogP contribution in [0.2, 0.25) is 0 Å². The minimum Gasteiger partial charge on any atom is -0.361 e. The van der Waals surface area contributed by atoms with Gasteiger partial charge >= 0.3 is 0 Å². The molecule has 1 amide bonds. The topological polar surface area (TPSA) is 67.2 Å². The van der Waals surface area contributed by atoms with Crippen LogP contribution in [0.1, 0.15) is 43.2 Å². The summed E-state index contributed by atoms with van der Waals surface area (Å²) in [4.78, 5) is 12.5. The molecule has 1 aliphatic heterocycles. The highest BCUT2D eigenvalue weighted by atomic mass is 16.5. The second kappa shape index (κ2) is 5.74. The quantitative estimate of drug-likeness (QED) is 0.850. The zero-order chi connectivity index (χ0) is 13.9. The lowest BCUT2D eigenvalue weighted by Crippen LogP contribution is -2.42. The summed E-state index contributed by atoms with van der Waals surface area (Å²) in [5, 5.41) is 10.3. The average molecular weight is 265 g/mol. The molecular weight excluding hydrogens is 242 g/mol. The van der Waals surface area contributed by atoms with E-state index in [9.17, 15) is 4.79 Å². The van der Waals surface area contributed by atoms with Gasteiger partial charge in [0.1, 0.15) is 5.76 Å². The Bertz CT molecular complexity index is 428. The molecule has 0 spiro atoms. The van der Waals surface area contributed by atoms with E-state index < -0.39 is 0 Å². The summed E-state index contributed by atoms with van der Waals surface area (Å²) in [6.45, 7) is 8.12. The van der Waals surface area contributed by atoms with Crippen LogP contribution in [0.4, 0.5) is 0 Å². The van der Waals surface area contributed by atoms with Crippen molar-refractivity contribution in [3.8, 4) is 0 Å². The normalized spacial score (nSPS) is 22.7. The lowest BCUT2D eigenvalue weighted by atomic mass is 9.81. The van der Waals surface area contributed by atoms with Gasteiger partial charge in [-0.1, -0.05) is 18.5 Å². The summed E-state index contributed by atoms with van der Waals surface area (Å²) < 4.78 is 5.11. The van der Waals surface area contributed by atoms with Crippen molar-refractivity contribution < 1.29 is 9.32 Å². The number of amides is 1. The molecule has 5 nitrogen and oxygen atoms in total. The first-order valence-electron chi connectivity index (χ1n) is 7.00. The molecule has 2 rings (SSSR count). The molecule has 1 aliphatic rings. The van der Waals surface area contributed by atoms with E-state index in [0.29, 0.717) is 6.54 Å². The Labute approximate surface area is 114 Å². The van der Waals surface area contributed by atoms with E-state index in [1.807, 2.05) is 13.8 Å². The number of hydrogen-bond donors (Lipinski definition) is 2. The fourth-order valence-electron chi connectivity index (χ4n) is 2.85. The first kappa shape index (κ1) is 14.1. The zero-order valence-electron chi connectivity index (χ0n) is 12.0. The lowest BCUT2D eigenvalue weighted by molar-refractivity contribution is -0.130. The van der Waals surface area contributed by atoms with Crippen molar-refractivity contribution in [2.75, 3.05) is 13.1 Å². The van der Waals surface area contributed by atoms with Gasteiger partial charge in [-0.05, 0) is 33.2 Å². The standard InChI is InChI=1S/C14H23N3O2/c1-4-5-14(6-7-15-9-14)13(18)16-8-12-10(2)17-19-11(12)3/h15H,4-9H2,1-3H3,(H,16,18). The van der Waals surface area contributed by atoms with E-state index in [1.165, 1.54) is 0 Å². The molecule has 1 fully saturated rings. The van der Waals surface area contributed by atoms with Crippen LogP contribution in [-0.4, -0.2) is 24.2 Å². The molecule has 106 valence electrons. The number of aromatic nitrogens is 1. The highest BCUT2D eigenvalue weighted by molar-refractivity contribution is 5.83. The molecule has 2 N–H and O–H groups in total. The van der Waals surface area contributed by atoms with Crippen molar-refractivity contribution in [2.24, 2.45) is 5.41 Å². The minimum absolute atomic E-state index is 0.152. The number of aryl methyl sites for hydroxylation is 2. The molecule has 19 heavy (non-hydrogen) atoms. The van der Waals surface area contributed by atoms with Crippen LogP contribution in [0.25, 0.3) is 0 Å². The van der Waals surface area contributed by atoms with Crippen LogP contribution >= 0.6 is 0 Å². The number of carbonyl (C=O) groups excluding carboxylic acids is 1. The van der Waals surface area contributed by atoms with Gasteiger partial charge in [0.25, 0.3) is 0 Å². The smallest absolute Gasteiger partial charge is 0.227 e. The minimum atomic E-state index is -0.228. The maximum Gasteiger partial charge on any atom is 0.227 e. The lowest BCUT2D eigenvalue weighted by Gasteiger charge is -2.26. The van der Waals surface area contributed by atoms with Gasteiger partial charge in [-0.3, -0.25) is 4.79 Å². The molecule has 1 aromatic rings. The Balaban J connectivity index is 2.00. The van der Waals surface area contributed by atoms with E-state index in [1.54, 1.807) is 0 Å². The monoisotopic (exact) mass is 265 g/mol. The Morgan fingerprint density at radius 2 is 2.32 bits per heavy atom. The fraction of sp³-hybridized carbons (Fsp3) is 0.714. The first-order chi connectivity index (χ1) is 9.09. The molecular formula is C14H23N3O2. The third-order valence-electron chi connectivity index (χ3n) is 4.06. The van der Waals surface area contributed by atoms with Crippen LogP contribution in [0.5, 0.6) is 0 Å². The van der Waals surface area contributed by atoms with Gasteiger partial charge in [0, 0.05) is 18.7 Å². The molecule has 0 bridgehead atoms. The second-order valence-electron chi connectivity index (χ2n) is 5.44. The third kappa shape index (κ3) is 2.81.